The van der Waals surface area contributed by atoms with Crippen molar-refractivity contribution in [2.75, 3.05) is 26.8 Å². The van der Waals surface area contributed by atoms with Crippen molar-refractivity contribution in [2.45, 2.75) is 65.0 Å². The molecule has 0 fully saturated rings. The van der Waals surface area contributed by atoms with Crippen LogP contribution in [0.2, 0.25) is 12.1 Å². The Kier molecular flexibility index (Phi) is 12.2. The summed E-state index contributed by atoms with van der Waals surface area (Å²) >= 11 is 0. The second-order valence-corrected chi connectivity index (χ2v) is 8.48. The molecule has 0 unspecified atom stereocenters. The molecule has 0 atom stereocenters. The largest absolute Gasteiger partial charge is 0.394 e. The van der Waals surface area contributed by atoms with Crippen LogP contribution < -0.4 is 5.32 Å². The summed E-state index contributed by atoms with van der Waals surface area (Å²) in [7, 11) is 0.0838. The average Bonchev–Trinajstić information content (AvgIpc) is 2.39. The summed E-state index contributed by atoms with van der Waals surface area (Å²) in [5.74, 6) is 0. The van der Waals surface area contributed by atoms with Crippen LogP contribution in [0.4, 0.5) is 0 Å². The molecular weight excluding hydrogens is 242 g/mol. The van der Waals surface area contributed by atoms with Gasteiger partial charge in [-0.25, -0.2) is 0 Å². The zero-order valence-corrected chi connectivity index (χ0v) is 13.9. The van der Waals surface area contributed by atoms with Crippen LogP contribution in [0.1, 0.15) is 52.9 Å². The Morgan fingerprint density at radius 1 is 0.889 bits per heavy atom. The lowest BCUT2D eigenvalue weighted by atomic mass is 10.4. The van der Waals surface area contributed by atoms with Crippen molar-refractivity contribution < 1.29 is 8.85 Å². The number of hydrogen-bond donors (Lipinski definition) is 1. The fraction of sp³-hybridized carbons (Fsp3) is 1.00. The maximum absolute atomic E-state index is 6.20. The first kappa shape index (κ1) is 18.1. The second-order valence-electron chi connectivity index (χ2n) is 4.88. The van der Waals surface area contributed by atoms with Gasteiger partial charge in [-0.1, -0.05) is 33.6 Å². The zero-order chi connectivity index (χ0) is 13.7. The fourth-order valence-corrected chi connectivity index (χ4v) is 4.79. The van der Waals surface area contributed by atoms with Gasteiger partial charge >= 0.3 is 8.56 Å². The smallest absolute Gasteiger partial charge is 0.337 e. The van der Waals surface area contributed by atoms with Gasteiger partial charge in [-0.3, -0.25) is 0 Å². The highest BCUT2D eigenvalue weighted by molar-refractivity contribution is 6.67. The van der Waals surface area contributed by atoms with Crippen LogP contribution in [0.15, 0.2) is 0 Å². The van der Waals surface area contributed by atoms with Gasteiger partial charge in [-0.05, 0) is 44.9 Å². The molecule has 0 radical (unpaired) electrons. The Morgan fingerprint density at radius 3 is 1.83 bits per heavy atom. The van der Waals surface area contributed by atoms with E-state index in [0.717, 1.165) is 51.1 Å². The summed E-state index contributed by atoms with van der Waals surface area (Å²) in [6.07, 6.45) is 5.85. The molecule has 0 aromatic heterocycles. The molecule has 110 valence electrons. The van der Waals surface area contributed by atoms with Gasteiger partial charge in [0.2, 0.25) is 0 Å². The number of unbranched alkanes of at least 4 members (excludes halogenated alkanes) is 2. The first-order valence-corrected chi connectivity index (χ1v) is 9.90. The first-order valence-electron chi connectivity index (χ1n) is 7.67. The van der Waals surface area contributed by atoms with Gasteiger partial charge in [0.1, 0.15) is 0 Å². The molecule has 4 heteroatoms. The van der Waals surface area contributed by atoms with Crippen molar-refractivity contribution in [3.63, 3.8) is 0 Å². The van der Waals surface area contributed by atoms with E-state index in [0.29, 0.717) is 0 Å². The molecule has 0 bridgehead atoms. The van der Waals surface area contributed by atoms with Gasteiger partial charge < -0.3 is 14.2 Å². The predicted molar refractivity (Wildman–Crippen MR) is 81.3 cm³/mol. The van der Waals surface area contributed by atoms with E-state index < -0.39 is 8.56 Å². The van der Waals surface area contributed by atoms with Crippen LogP contribution in [0.5, 0.6) is 0 Å². The van der Waals surface area contributed by atoms with Crippen LogP contribution in [0.25, 0.3) is 0 Å². The summed E-state index contributed by atoms with van der Waals surface area (Å²) in [5.41, 5.74) is 0. The van der Waals surface area contributed by atoms with Crippen molar-refractivity contribution in [1.82, 2.24) is 5.32 Å². The molecule has 0 aromatic carbocycles. The lowest BCUT2D eigenvalue weighted by Crippen LogP contribution is -2.42. The number of hydrogen-bond acceptors (Lipinski definition) is 3. The van der Waals surface area contributed by atoms with Crippen molar-refractivity contribution in [3.05, 3.63) is 0 Å². The Bertz CT molecular complexity index is 153. The van der Waals surface area contributed by atoms with Gasteiger partial charge in [0.15, 0.2) is 0 Å². The van der Waals surface area contributed by atoms with E-state index in [-0.39, 0.29) is 0 Å². The third kappa shape index (κ3) is 8.24. The quantitative estimate of drug-likeness (QED) is 0.411. The van der Waals surface area contributed by atoms with Crippen molar-refractivity contribution >= 4 is 8.56 Å². The van der Waals surface area contributed by atoms with Crippen LogP contribution in [-0.4, -0.2) is 35.4 Å². The SMILES string of the molecule is CCCCO[Si](CC)(CCCNC)OCCCC. The molecule has 3 nitrogen and oxygen atoms in total. The van der Waals surface area contributed by atoms with Gasteiger partial charge in [-0.2, -0.15) is 0 Å². The molecule has 0 aliphatic carbocycles. The first-order chi connectivity index (χ1) is 8.74. The van der Waals surface area contributed by atoms with Crippen LogP contribution in [0, 0.1) is 0 Å². The van der Waals surface area contributed by atoms with E-state index in [9.17, 15) is 0 Å². The molecular formula is C14H33NO2Si. The standard InChI is InChI=1S/C14H33NO2Si/c1-5-8-12-16-18(7-3,14-10-11-15-4)17-13-9-6-2/h15H,5-14H2,1-4H3. The highest BCUT2D eigenvalue weighted by atomic mass is 28.4. The number of nitrogens with one attached hydrogen (secondary N) is 1. The van der Waals surface area contributed by atoms with E-state index in [2.05, 4.69) is 26.1 Å². The Morgan fingerprint density at radius 2 is 1.44 bits per heavy atom. The van der Waals surface area contributed by atoms with Gasteiger partial charge in [0.25, 0.3) is 0 Å². The molecule has 0 rings (SSSR count). The molecule has 0 saturated heterocycles. The molecule has 0 spiro atoms. The van der Waals surface area contributed by atoms with Crippen LogP contribution in [-0.2, 0) is 8.85 Å². The van der Waals surface area contributed by atoms with E-state index in [4.69, 9.17) is 8.85 Å². The molecule has 0 heterocycles. The van der Waals surface area contributed by atoms with Crippen molar-refractivity contribution in [3.8, 4) is 0 Å². The molecule has 0 aliphatic rings. The third-order valence-electron chi connectivity index (χ3n) is 3.25. The summed E-state index contributed by atoms with van der Waals surface area (Å²) in [6.45, 7) is 9.45. The molecule has 0 amide bonds. The van der Waals surface area contributed by atoms with E-state index >= 15 is 0 Å². The summed E-state index contributed by atoms with van der Waals surface area (Å²) < 4.78 is 12.4. The third-order valence-corrected chi connectivity index (χ3v) is 6.90. The lowest BCUT2D eigenvalue weighted by molar-refractivity contribution is 0.163. The molecule has 18 heavy (non-hydrogen) atoms. The van der Waals surface area contributed by atoms with E-state index in [1.54, 1.807) is 0 Å². The Labute approximate surface area is 115 Å². The van der Waals surface area contributed by atoms with Gasteiger partial charge in [-0.15, -0.1) is 0 Å². The molecule has 0 saturated carbocycles. The van der Waals surface area contributed by atoms with Crippen LogP contribution >= 0.6 is 0 Å². The summed E-state index contributed by atoms with van der Waals surface area (Å²) in [5, 5.41) is 3.21. The fourth-order valence-electron chi connectivity index (χ4n) is 1.91. The Hall–Kier alpha value is 0.0969. The van der Waals surface area contributed by atoms with Crippen molar-refractivity contribution in [1.29, 1.82) is 0 Å². The van der Waals surface area contributed by atoms with E-state index in [1.807, 2.05) is 7.05 Å². The predicted octanol–water partition coefficient (Wildman–Crippen LogP) is 3.69. The lowest BCUT2D eigenvalue weighted by Gasteiger charge is -2.30. The average molecular weight is 276 g/mol. The minimum atomic E-state index is -1.92. The highest BCUT2D eigenvalue weighted by Gasteiger charge is 2.34. The summed E-state index contributed by atoms with van der Waals surface area (Å²) in [6, 6.07) is 2.20. The highest BCUT2D eigenvalue weighted by Crippen LogP contribution is 2.21. The topological polar surface area (TPSA) is 30.5 Å². The monoisotopic (exact) mass is 275 g/mol. The normalized spacial score (nSPS) is 12.0. The number of rotatable bonds is 13. The van der Waals surface area contributed by atoms with E-state index in [1.165, 1.54) is 12.8 Å². The van der Waals surface area contributed by atoms with Gasteiger partial charge in [0, 0.05) is 13.2 Å². The van der Waals surface area contributed by atoms with Crippen LogP contribution in [0.3, 0.4) is 0 Å². The minimum Gasteiger partial charge on any atom is -0.394 e. The van der Waals surface area contributed by atoms with Gasteiger partial charge in [0.05, 0.1) is 0 Å². The maximum atomic E-state index is 6.20. The second kappa shape index (κ2) is 12.1. The summed E-state index contributed by atoms with van der Waals surface area (Å²) in [4.78, 5) is 0. The minimum absolute atomic E-state index is 0.877. The Balaban J connectivity index is 4.20. The zero-order valence-electron chi connectivity index (χ0n) is 12.9. The molecule has 0 aliphatic heterocycles. The molecule has 1 N–H and O–H groups in total. The maximum Gasteiger partial charge on any atom is 0.337 e. The van der Waals surface area contributed by atoms with Crippen molar-refractivity contribution in [2.24, 2.45) is 0 Å². The molecule has 0 aromatic rings.